The summed E-state index contributed by atoms with van der Waals surface area (Å²) >= 11 is 1.87. The van der Waals surface area contributed by atoms with E-state index in [2.05, 4.69) is 46.4 Å². The molecular formula is C26H26FN3S. The Balaban J connectivity index is 1.43. The molecule has 0 spiro atoms. The van der Waals surface area contributed by atoms with Crippen LogP contribution in [-0.2, 0) is 6.42 Å². The molecule has 3 nitrogen and oxygen atoms in total. The van der Waals surface area contributed by atoms with Gasteiger partial charge in [0.2, 0.25) is 0 Å². The largest absolute Gasteiger partial charge is 0.276 e. The van der Waals surface area contributed by atoms with E-state index in [0.29, 0.717) is 0 Å². The summed E-state index contributed by atoms with van der Waals surface area (Å²) in [4.78, 5) is 7.20. The Morgan fingerprint density at radius 2 is 1.81 bits per heavy atom. The fourth-order valence-corrected chi connectivity index (χ4v) is 4.40. The van der Waals surface area contributed by atoms with E-state index in [1.165, 1.54) is 54.0 Å². The van der Waals surface area contributed by atoms with Gasteiger partial charge in [-0.2, -0.15) is 5.10 Å². The number of thiophene rings is 1. The highest BCUT2D eigenvalue weighted by Crippen LogP contribution is 2.25. The van der Waals surface area contributed by atoms with Crippen molar-refractivity contribution in [2.75, 3.05) is 0 Å². The maximum Gasteiger partial charge on any atom is 0.123 e. The van der Waals surface area contributed by atoms with Gasteiger partial charge >= 0.3 is 0 Å². The number of aromatic nitrogens is 3. The number of hydrogen-bond acceptors (Lipinski definition) is 3. The monoisotopic (exact) mass is 431 g/mol. The van der Waals surface area contributed by atoms with Crippen LogP contribution in [0.1, 0.15) is 47.9 Å². The molecule has 0 aliphatic heterocycles. The number of hydrogen-bond donors (Lipinski definition) is 1. The molecule has 0 fully saturated rings. The van der Waals surface area contributed by atoms with E-state index in [0.717, 1.165) is 28.2 Å². The number of unbranched alkanes of at least 4 members (excludes halogenated alkanes) is 3. The van der Waals surface area contributed by atoms with E-state index in [1.54, 1.807) is 18.3 Å². The first-order valence-electron chi connectivity index (χ1n) is 10.8. The standard InChI is InChI=1S/C26H26FN3S/c1-2-3-4-5-6-22-13-14-23(31-22)12-7-19-15-16-28-25(17-19)26-18-24(29-30-26)20-8-10-21(27)11-9-20/h7-18H,2-6H2,1H3,(H,29,30)/b12-7+. The Bertz CT molecular complexity index is 1140. The fraction of sp³-hybridized carbons (Fsp3) is 0.231. The van der Waals surface area contributed by atoms with E-state index < -0.39 is 0 Å². The lowest BCUT2D eigenvalue weighted by atomic mass is 10.1. The van der Waals surface area contributed by atoms with Crippen LogP contribution in [0, 0.1) is 5.82 Å². The second-order valence-electron chi connectivity index (χ2n) is 7.60. The molecule has 3 heterocycles. The van der Waals surface area contributed by atoms with Gasteiger partial charge < -0.3 is 0 Å². The third-order valence-corrected chi connectivity index (χ3v) is 6.29. The number of pyridine rings is 1. The molecular weight excluding hydrogens is 405 g/mol. The maximum atomic E-state index is 13.2. The Hall–Kier alpha value is -3.05. The molecule has 0 unspecified atom stereocenters. The number of rotatable bonds is 9. The van der Waals surface area contributed by atoms with Crippen molar-refractivity contribution in [1.82, 2.24) is 15.2 Å². The molecule has 0 aliphatic rings. The van der Waals surface area contributed by atoms with Crippen LogP contribution in [0.5, 0.6) is 0 Å². The van der Waals surface area contributed by atoms with Crippen LogP contribution in [0.25, 0.3) is 34.8 Å². The molecule has 158 valence electrons. The summed E-state index contributed by atoms with van der Waals surface area (Å²) in [6, 6.07) is 16.7. The second-order valence-corrected chi connectivity index (χ2v) is 8.80. The number of benzene rings is 1. The summed E-state index contributed by atoms with van der Waals surface area (Å²) in [6.07, 6.45) is 12.5. The zero-order valence-electron chi connectivity index (χ0n) is 17.6. The highest BCUT2D eigenvalue weighted by atomic mass is 32.1. The van der Waals surface area contributed by atoms with E-state index in [1.807, 2.05) is 29.5 Å². The lowest BCUT2D eigenvalue weighted by Crippen LogP contribution is -1.84. The molecule has 4 rings (SSSR count). The Kier molecular flexibility index (Phi) is 7.05. The minimum atomic E-state index is -0.255. The lowest BCUT2D eigenvalue weighted by Gasteiger charge is -1.99. The quantitative estimate of drug-likeness (QED) is 0.277. The van der Waals surface area contributed by atoms with Crippen LogP contribution in [0.2, 0.25) is 0 Å². The van der Waals surface area contributed by atoms with Crippen molar-refractivity contribution < 1.29 is 4.39 Å². The first-order valence-corrected chi connectivity index (χ1v) is 11.6. The van der Waals surface area contributed by atoms with Gasteiger partial charge in [-0.1, -0.05) is 32.3 Å². The van der Waals surface area contributed by atoms with Crippen LogP contribution in [0.15, 0.2) is 60.8 Å². The van der Waals surface area contributed by atoms with Gasteiger partial charge in [-0.15, -0.1) is 11.3 Å². The zero-order chi connectivity index (χ0) is 21.5. The molecule has 5 heteroatoms. The first-order chi connectivity index (χ1) is 15.2. The normalized spacial score (nSPS) is 11.4. The summed E-state index contributed by atoms with van der Waals surface area (Å²) in [7, 11) is 0. The van der Waals surface area contributed by atoms with Gasteiger partial charge in [0.1, 0.15) is 5.82 Å². The SMILES string of the molecule is CCCCCCc1ccc(/C=C/c2ccnc(-c3cc(-c4ccc(F)cc4)n[nH]3)c2)s1. The fourth-order valence-electron chi connectivity index (χ4n) is 3.44. The smallest absolute Gasteiger partial charge is 0.123 e. The van der Waals surface area contributed by atoms with Gasteiger partial charge in [-0.3, -0.25) is 10.1 Å². The third kappa shape index (κ3) is 5.76. The van der Waals surface area contributed by atoms with Gasteiger partial charge in [0.05, 0.1) is 17.1 Å². The Labute approximate surface area is 186 Å². The molecule has 1 N–H and O–H groups in total. The molecule has 3 aromatic heterocycles. The number of H-pyrrole nitrogens is 1. The average Bonchev–Trinajstić information content (AvgIpc) is 3.46. The summed E-state index contributed by atoms with van der Waals surface area (Å²) in [6.45, 7) is 2.25. The van der Waals surface area contributed by atoms with Crippen LogP contribution in [0.3, 0.4) is 0 Å². The molecule has 0 atom stereocenters. The highest BCUT2D eigenvalue weighted by Gasteiger charge is 2.07. The second kappa shape index (κ2) is 10.3. The number of halogens is 1. The Morgan fingerprint density at radius 3 is 2.65 bits per heavy atom. The van der Waals surface area contributed by atoms with Gasteiger partial charge in [-0.05, 0) is 79.1 Å². The van der Waals surface area contributed by atoms with Crippen LogP contribution >= 0.6 is 11.3 Å². The van der Waals surface area contributed by atoms with Crippen LogP contribution in [-0.4, -0.2) is 15.2 Å². The predicted molar refractivity (Wildman–Crippen MR) is 128 cm³/mol. The number of nitrogens with one attached hydrogen (secondary N) is 1. The zero-order valence-corrected chi connectivity index (χ0v) is 18.5. The molecule has 0 saturated carbocycles. The van der Waals surface area contributed by atoms with Crippen molar-refractivity contribution in [3.63, 3.8) is 0 Å². The van der Waals surface area contributed by atoms with Crippen molar-refractivity contribution >= 4 is 23.5 Å². The van der Waals surface area contributed by atoms with Crippen molar-refractivity contribution in [3.05, 3.63) is 81.9 Å². The van der Waals surface area contributed by atoms with E-state index in [-0.39, 0.29) is 5.82 Å². The van der Waals surface area contributed by atoms with Crippen LogP contribution < -0.4 is 0 Å². The predicted octanol–water partition coefficient (Wildman–Crippen LogP) is 7.63. The number of aromatic amines is 1. The molecule has 0 aliphatic carbocycles. The molecule has 1 aromatic carbocycles. The summed E-state index contributed by atoms with van der Waals surface area (Å²) < 4.78 is 13.2. The number of nitrogens with zero attached hydrogens (tertiary/aromatic N) is 2. The van der Waals surface area contributed by atoms with Gasteiger partial charge in [0, 0.05) is 21.5 Å². The summed E-state index contributed by atoms with van der Waals surface area (Å²) in [5.74, 6) is -0.255. The topological polar surface area (TPSA) is 41.6 Å². The van der Waals surface area contributed by atoms with E-state index in [9.17, 15) is 4.39 Å². The minimum Gasteiger partial charge on any atom is -0.276 e. The van der Waals surface area contributed by atoms with Gasteiger partial charge in [-0.25, -0.2) is 4.39 Å². The summed E-state index contributed by atoms with van der Waals surface area (Å²) in [5, 5.41) is 7.39. The minimum absolute atomic E-state index is 0.255. The third-order valence-electron chi connectivity index (χ3n) is 5.18. The molecule has 4 aromatic rings. The van der Waals surface area contributed by atoms with E-state index >= 15 is 0 Å². The maximum absolute atomic E-state index is 13.2. The molecule has 31 heavy (non-hydrogen) atoms. The van der Waals surface area contributed by atoms with Crippen LogP contribution in [0.4, 0.5) is 4.39 Å². The molecule has 0 radical (unpaired) electrons. The van der Waals surface area contributed by atoms with Crippen molar-refractivity contribution in [3.8, 4) is 22.6 Å². The van der Waals surface area contributed by atoms with E-state index in [4.69, 9.17) is 0 Å². The van der Waals surface area contributed by atoms with Crippen molar-refractivity contribution in [2.45, 2.75) is 39.0 Å². The first kappa shape index (κ1) is 21.2. The molecule has 0 amide bonds. The summed E-state index contributed by atoms with van der Waals surface area (Å²) in [5.41, 5.74) is 4.37. The van der Waals surface area contributed by atoms with Gasteiger partial charge in [0.25, 0.3) is 0 Å². The van der Waals surface area contributed by atoms with Gasteiger partial charge in [0.15, 0.2) is 0 Å². The molecule has 0 bridgehead atoms. The van der Waals surface area contributed by atoms with Crippen molar-refractivity contribution in [1.29, 1.82) is 0 Å². The van der Waals surface area contributed by atoms with Crippen molar-refractivity contribution in [2.24, 2.45) is 0 Å². The average molecular weight is 432 g/mol. The lowest BCUT2D eigenvalue weighted by molar-refractivity contribution is 0.628. The Morgan fingerprint density at radius 1 is 0.935 bits per heavy atom. The highest BCUT2D eigenvalue weighted by molar-refractivity contribution is 7.12. The molecule has 0 saturated heterocycles. The number of aryl methyl sites for hydroxylation is 1.